The zero-order valence-electron chi connectivity index (χ0n) is 14.8. The molecule has 0 bridgehead atoms. The van der Waals surface area contributed by atoms with E-state index in [1.165, 1.54) is 10.4 Å². The van der Waals surface area contributed by atoms with E-state index in [1.807, 2.05) is 12.1 Å². The molecule has 0 unspecified atom stereocenters. The molecule has 5 nitrogen and oxygen atoms in total. The highest BCUT2D eigenvalue weighted by atomic mass is 35.5. The number of benzene rings is 2. The van der Waals surface area contributed by atoms with Gasteiger partial charge >= 0.3 is 0 Å². The lowest BCUT2D eigenvalue weighted by molar-refractivity contribution is 0.0951. The van der Waals surface area contributed by atoms with Crippen molar-refractivity contribution in [1.82, 2.24) is 9.62 Å². The summed E-state index contributed by atoms with van der Waals surface area (Å²) in [5, 5.41) is 3.35. The van der Waals surface area contributed by atoms with Crippen LogP contribution < -0.4 is 5.32 Å². The van der Waals surface area contributed by atoms with Gasteiger partial charge in [-0.1, -0.05) is 29.8 Å². The average Bonchev–Trinajstić information content (AvgIpc) is 3.55. The van der Waals surface area contributed by atoms with Gasteiger partial charge in [0.1, 0.15) is 0 Å². The van der Waals surface area contributed by atoms with Crippen molar-refractivity contribution in [1.29, 1.82) is 0 Å². The van der Waals surface area contributed by atoms with E-state index in [4.69, 9.17) is 11.6 Å². The lowest BCUT2D eigenvalue weighted by Crippen LogP contribution is -2.32. The quantitative estimate of drug-likeness (QED) is 0.766. The van der Waals surface area contributed by atoms with Gasteiger partial charge in [0, 0.05) is 29.2 Å². The van der Waals surface area contributed by atoms with Gasteiger partial charge < -0.3 is 5.32 Å². The van der Waals surface area contributed by atoms with E-state index in [0.717, 1.165) is 31.2 Å². The minimum atomic E-state index is -3.62. The number of sulfonamides is 1. The summed E-state index contributed by atoms with van der Waals surface area (Å²) < 4.78 is 27.7. The molecule has 27 heavy (non-hydrogen) atoms. The first-order valence-corrected chi connectivity index (χ1v) is 10.9. The Morgan fingerprint density at radius 3 is 2.37 bits per heavy atom. The van der Waals surface area contributed by atoms with Crippen LogP contribution >= 0.6 is 11.6 Å². The number of rotatable bonds is 7. The number of nitrogens with one attached hydrogen (secondary N) is 1. The van der Waals surface area contributed by atoms with Crippen LogP contribution in [0.5, 0.6) is 0 Å². The number of hydrogen-bond donors (Lipinski definition) is 1. The highest BCUT2D eigenvalue weighted by molar-refractivity contribution is 7.89. The topological polar surface area (TPSA) is 66.5 Å². The molecule has 2 fully saturated rings. The summed E-state index contributed by atoms with van der Waals surface area (Å²) >= 11 is 5.98. The minimum Gasteiger partial charge on any atom is -0.349 e. The fraction of sp³-hybridized carbons (Fsp3) is 0.350. The molecule has 0 spiro atoms. The number of nitrogens with zero attached hydrogens (tertiary/aromatic N) is 1. The molecule has 0 aliphatic heterocycles. The summed E-state index contributed by atoms with van der Waals surface area (Å²) in [7, 11) is -3.62. The highest BCUT2D eigenvalue weighted by Gasteiger charge is 2.38. The Bertz CT molecular complexity index is 951. The van der Waals surface area contributed by atoms with Crippen LogP contribution in [0.15, 0.2) is 53.4 Å². The maximum absolute atomic E-state index is 13.1. The maximum atomic E-state index is 13.1. The fourth-order valence-corrected chi connectivity index (χ4v) is 4.95. The van der Waals surface area contributed by atoms with Gasteiger partial charge in [-0.25, -0.2) is 8.42 Å². The molecule has 142 valence electrons. The van der Waals surface area contributed by atoms with Gasteiger partial charge in [-0.15, -0.1) is 0 Å². The first-order valence-electron chi connectivity index (χ1n) is 9.11. The minimum absolute atomic E-state index is 0.0202. The second-order valence-electron chi connectivity index (χ2n) is 7.18. The third-order valence-electron chi connectivity index (χ3n) is 4.82. The van der Waals surface area contributed by atoms with Gasteiger partial charge in [-0.2, -0.15) is 4.31 Å². The first-order chi connectivity index (χ1) is 12.9. The molecule has 2 aliphatic rings. The van der Waals surface area contributed by atoms with Crippen molar-refractivity contribution in [2.24, 2.45) is 0 Å². The Labute approximate surface area is 164 Å². The Kier molecular flexibility index (Phi) is 4.97. The first kappa shape index (κ1) is 18.5. The molecule has 0 saturated heterocycles. The Morgan fingerprint density at radius 2 is 1.78 bits per heavy atom. The lowest BCUT2D eigenvalue weighted by Gasteiger charge is -2.22. The second-order valence-corrected chi connectivity index (χ2v) is 9.51. The summed E-state index contributed by atoms with van der Waals surface area (Å²) in [4.78, 5) is 12.3. The van der Waals surface area contributed by atoms with Gasteiger partial charge in [0.05, 0.1) is 4.90 Å². The fourth-order valence-electron chi connectivity index (χ4n) is 2.97. The number of amides is 1. The third-order valence-corrected chi connectivity index (χ3v) is 6.95. The summed E-state index contributed by atoms with van der Waals surface area (Å²) in [5.41, 5.74) is 1.46. The third kappa shape index (κ3) is 4.34. The van der Waals surface area contributed by atoms with Crippen molar-refractivity contribution in [3.05, 3.63) is 64.7 Å². The Morgan fingerprint density at radius 1 is 1.07 bits per heavy atom. The molecule has 7 heteroatoms. The lowest BCUT2D eigenvalue weighted by atomic mass is 10.1. The summed E-state index contributed by atoms with van der Waals surface area (Å²) in [6, 6.07) is 13.8. The van der Waals surface area contributed by atoms with Crippen LogP contribution in [0.1, 0.15) is 41.6 Å². The molecule has 0 atom stereocenters. The van der Waals surface area contributed by atoms with Crippen molar-refractivity contribution >= 4 is 27.5 Å². The SMILES string of the molecule is O=C(NC1CC1)c1ccc(CN(C2CC2)S(=O)(=O)c2cccc(Cl)c2)cc1. The zero-order chi connectivity index (χ0) is 19.0. The molecule has 2 aliphatic carbocycles. The summed E-state index contributed by atoms with van der Waals surface area (Å²) in [6.07, 6.45) is 3.81. The van der Waals surface area contributed by atoms with E-state index in [1.54, 1.807) is 30.3 Å². The molecule has 2 aromatic carbocycles. The van der Waals surface area contributed by atoms with E-state index in [-0.39, 0.29) is 23.4 Å². The Balaban J connectivity index is 1.52. The van der Waals surface area contributed by atoms with Crippen molar-refractivity contribution in [2.75, 3.05) is 0 Å². The summed E-state index contributed by atoms with van der Waals surface area (Å²) in [5.74, 6) is -0.0744. The molecule has 0 aromatic heterocycles. The van der Waals surface area contributed by atoms with Crippen molar-refractivity contribution in [3.63, 3.8) is 0 Å². The molecule has 4 rings (SSSR count). The molecule has 2 aromatic rings. The van der Waals surface area contributed by atoms with Crippen molar-refractivity contribution in [2.45, 2.75) is 49.2 Å². The summed E-state index contributed by atoms with van der Waals surface area (Å²) in [6.45, 7) is 0.282. The Hall–Kier alpha value is -1.89. The van der Waals surface area contributed by atoms with Crippen molar-refractivity contribution < 1.29 is 13.2 Å². The maximum Gasteiger partial charge on any atom is 0.251 e. The molecule has 1 amide bonds. The van der Waals surface area contributed by atoms with Crippen LogP contribution in [0.2, 0.25) is 5.02 Å². The van der Waals surface area contributed by atoms with Crippen LogP contribution in [0, 0.1) is 0 Å². The van der Waals surface area contributed by atoms with E-state index < -0.39 is 10.0 Å². The average molecular weight is 405 g/mol. The zero-order valence-corrected chi connectivity index (χ0v) is 16.3. The van der Waals surface area contributed by atoms with Gasteiger partial charge in [-0.05, 0) is 61.6 Å². The van der Waals surface area contributed by atoms with Gasteiger partial charge in [0.25, 0.3) is 5.91 Å². The molecule has 0 heterocycles. The molecule has 0 radical (unpaired) electrons. The normalized spacial score (nSPS) is 17.1. The van der Waals surface area contributed by atoms with E-state index >= 15 is 0 Å². The van der Waals surface area contributed by atoms with Crippen LogP contribution in [0.25, 0.3) is 0 Å². The monoisotopic (exact) mass is 404 g/mol. The number of hydrogen-bond acceptors (Lipinski definition) is 3. The smallest absolute Gasteiger partial charge is 0.251 e. The molecular weight excluding hydrogens is 384 g/mol. The van der Waals surface area contributed by atoms with Crippen LogP contribution in [-0.4, -0.2) is 30.7 Å². The highest BCUT2D eigenvalue weighted by Crippen LogP contribution is 2.34. The standard InChI is InChI=1S/C20H21ClN2O3S/c21-16-2-1-3-19(12-16)27(25,26)23(18-10-11-18)13-14-4-6-15(7-5-14)20(24)22-17-8-9-17/h1-7,12,17-18H,8-11,13H2,(H,22,24). The van der Waals surface area contributed by atoms with E-state index in [0.29, 0.717) is 16.6 Å². The van der Waals surface area contributed by atoms with Crippen LogP contribution in [-0.2, 0) is 16.6 Å². The number of carbonyl (C=O) groups excluding carboxylic acids is 1. The van der Waals surface area contributed by atoms with Gasteiger partial charge in [0.2, 0.25) is 10.0 Å². The molecule has 1 N–H and O–H groups in total. The van der Waals surface area contributed by atoms with Crippen molar-refractivity contribution in [3.8, 4) is 0 Å². The van der Waals surface area contributed by atoms with E-state index in [9.17, 15) is 13.2 Å². The number of carbonyl (C=O) groups is 1. The van der Waals surface area contributed by atoms with E-state index in [2.05, 4.69) is 5.32 Å². The molecular formula is C20H21ClN2O3S. The predicted octanol–water partition coefficient (Wildman–Crippen LogP) is 3.59. The largest absolute Gasteiger partial charge is 0.349 e. The van der Waals surface area contributed by atoms with Crippen LogP contribution in [0.4, 0.5) is 0 Å². The van der Waals surface area contributed by atoms with Gasteiger partial charge in [-0.3, -0.25) is 4.79 Å². The number of halogens is 1. The molecule has 2 saturated carbocycles. The predicted molar refractivity (Wildman–Crippen MR) is 104 cm³/mol. The van der Waals surface area contributed by atoms with Gasteiger partial charge in [0.15, 0.2) is 0 Å². The van der Waals surface area contributed by atoms with Crippen LogP contribution in [0.3, 0.4) is 0 Å². The second kappa shape index (κ2) is 7.26.